The molecule has 1 fully saturated rings. The Labute approximate surface area is 110 Å². The van der Waals surface area contributed by atoms with Crippen molar-refractivity contribution in [3.8, 4) is 0 Å². The summed E-state index contributed by atoms with van der Waals surface area (Å²) in [6.07, 6.45) is 2.71. The molecular formula is C11H18N4O2S. The van der Waals surface area contributed by atoms with Crippen LogP contribution in [0.25, 0.3) is 0 Å². The van der Waals surface area contributed by atoms with Crippen molar-refractivity contribution < 1.29 is 9.53 Å². The van der Waals surface area contributed by atoms with Gasteiger partial charge in [0, 0.05) is 11.5 Å². The first-order valence-electron chi connectivity index (χ1n) is 6.16. The molecule has 0 atom stereocenters. The van der Waals surface area contributed by atoms with E-state index in [0.717, 1.165) is 25.9 Å². The molecule has 0 aromatic carbocycles. The van der Waals surface area contributed by atoms with Crippen molar-refractivity contribution in [1.82, 2.24) is 14.7 Å². The van der Waals surface area contributed by atoms with Gasteiger partial charge in [0.05, 0.1) is 19.1 Å². The summed E-state index contributed by atoms with van der Waals surface area (Å²) in [4.78, 5) is 15.7. The minimum atomic E-state index is -0.0694. The number of nitrogens with zero attached hydrogens (tertiary/aromatic N) is 2. The Morgan fingerprint density at radius 3 is 3.00 bits per heavy atom. The average molecular weight is 270 g/mol. The van der Waals surface area contributed by atoms with Crippen LogP contribution in [0.1, 0.15) is 25.1 Å². The van der Waals surface area contributed by atoms with Gasteiger partial charge in [0.1, 0.15) is 5.82 Å². The summed E-state index contributed by atoms with van der Waals surface area (Å²) in [5.74, 6) is 0.612. The average Bonchev–Trinajstić information content (AvgIpc) is 2.76. The number of aryl methyl sites for hydroxylation is 1. The summed E-state index contributed by atoms with van der Waals surface area (Å²) in [7, 11) is 0. The summed E-state index contributed by atoms with van der Waals surface area (Å²) < 4.78 is 9.66. The van der Waals surface area contributed by atoms with Crippen LogP contribution in [0, 0.1) is 6.92 Å². The standard InChI is InChI=1S/C11H18N4O2S/c1-8-13-11(18-15-8)14-10(16)4-7-17-9-2-5-12-6-3-9/h9,12H,2-7H2,1H3,(H,13,14,15,16). The number of hydrogen-bond donors (Lipinski definition) is 2. The van der Waals surface area contributed by atoms with Gasteiger partial charge in [-0.2, -0.15) is 4.37 Å². The fourth-order valence-corrected chi connectivity index (χ4v) is 2.40. The number of carbonyl (C=O) groups excluding carboxylic acids is 1. The van der Waals surface area contributed by atoms with E-state index in [2.05, 4.69) is 20.0 Å². The Morgan fingerprint density at radius 1 is 1.56 bits per heavy atom. The number of nitrogens with one attached hydrogen (secondary N) is 2. The molecule has 0 saturated carbocycles. The summed E-state index contributed by atoms with van der Waals surface area (Å²) in [5.41, 5.74) is 0. The molecule has 2 N–H and O–H groups in total. The second-order valence-electron chi connectivity index (χ2n) is 4.27. The van der Waals surface area contributed by atoms with Gasteiger partial charge in [-0.25, -0.2) is 4.98 Å². The maximum Gasteiger partial charge on any atom is 0.228 e. The van der Waals surface area contributed by atoms with Gasteiger partial charge >= 0.3 is 0 Å². The van der Waals surface area contributed by atoms with Crippen LogP contribution in [0.2, 0.25) is 0 Å². The number of rotatable bonds is 5. The Kier molecular flexibility index (Phi) is 5.03. The molecule has 18 heavy (non-hydrogen) atoms. The predicted molar refractivity (Wildman–Crippen MR) is 69.7 cm³/mol. The van der Waals surface area contributed by atoms with Gasteiger partial charge < -0.3 is 15.4 Å². The lowest BCUT2D eigenvalue weighted by molar-refractivity contribution is -0.117. The van der Waals surface area contributed by atoms with Crippen LogP contribution in [-0.4, -0.2) is 41.1 Å². The van der Waals surface area contributed by atoms with Crippen LogP contribution in [0.15, 0.2) is 0 Å². The molecule has 1 aliphatic rings. The Balaban J connectivity index is 1.62. The summed E-state index contributed by atoms with van der Waals surface area (Å²) >= 11 is 1.20. The zero-order chi connectivity index (χ0) is 12.8. The van der Waals surface area contributed by atoms with Crippen LogP contribution < -0.4 is 10.6 Å². The van der Waals surface area contributed by atoms with Crippen LogP contribution >= 0.6 is 11.5 Å². The van der Waals surface area contributed by atoms with Crippen molar-refractivity contribution in [2.45, 2.75) is 32.3 Å². The SMILES string of the molecule is Cc1nsc(NC(=O)CCOC2CCNCC2)n1. The minimum absolute atomic E-state index is 0.0694. The Morgan fingerprint density at radius 2 is 2.33 bits per heavy atom. The molecule has 0 spiro atoms. The number of aromatic nitrogens is 2. The number of anilines is 1. The molecule has 7 heteroatoms. The number of amides is 1. The number of piperidine rings is 1. The lowest BCUT2D eigenvalue weighted by atomic mass is 10.1. The highest BCUT2D eigenvalue weighted by Crippen LogP contribution is 2.11. The van der Waals surface area contributed by atoms with Crippen molar-refractivity contribution in [1.29, 1.82) is 0 Å². The monoisotopic (exact) mass is 270 g/mol. The molecule has 6 nitrogen and oxygen atoms in total. The lowest BCUT2D eigenvalue weighted by Gasteiger charge is -2.22. The predicted octanol–water partition coefficient (Wildman–Crippen LogP) is 0.944. The first-order chi connectivity index (χ1) is 8.74. The van der Waals surface area contributed by atoms with E-state index >= 15 is 0 Å². The van der Waals surface area contributed by atoms with E-state index in [1.54, 1.807) is 6.92 Å². The van der Waals surface area contributed by atoms with Gasteiger partial charge in [-0.05, 0) is 32.9 Å². The van der Waals surface area contributed by atoms with Crippen molar-refractivity contribution in [2.24, 2.45) is 0 Å². The first kappa shape index (κ1) is 13.4. The van der Waals surface area contributed by atoms with Gasteiger partial charge in [-0.3, -0.25) is 4.79 Å². The molecule has 1 aromatic rings. The third-order valence-electron chi connectivity index (χ3n) is 2.74. The molecule has 0 bridgehead atoms. The fraction of sp³-hybridized carbons (Fsp3) is 0.727. The molecule has 0 unspecified atom stereocenters. The fourth-order valence-electron chi connectivity index (χ4n) is 1.81. The molecule has 100 valence electrons. The molecule has 0 aliphatic carbocycles. The molecule has 1 aliphatic heterocycles. The maximum absolute atomic E-state index is 11.6. The van der Waals surface area contributed by atoms with E-state index in [0.29, 0.717) is 30.1 Å². The second-order valence-corrected chi connectivity index (χ2v) is 5.02. The minimum Gasteiger partial charge on any atom is -0.378 e. The molecular weight excluding hydrogens is 252 g/mol. The molecule has 1 aromatic heterocycles. The third-order valence-corrected chi connectivity index (χ3v) is 3.46. The number of carbonyl (C=O) groups is 1. The molecule has 1 saturated heterocycles. The topological polar surface area (TPSA) is 76.1 Å². The molecule has 2 rings (SSSR count). The van der Waals surface area contributed by atoms with Crippen molar-refractivity contribution in [2.75, 3.05) is 25.0 Å². The maximum atomic E-state index is 11.6. The van der Waals surface area contributed by atoms with Crippen molar-refractivity contribution in [3.63, 3.8) is 0 Å². The summed E-state index contributed by atoms with van der Waals surface area (Å²) in [6.45, 7) is 4.27. The van der Waals surface area contributed by atoms with Crippen LogP contribution in [-0.2, 0) is 9.53 Å². The molecule has 2 heterocycles. The van der Waals surface area contributed by atoms with Crippen LogP contribution in [0.3, 0.4) is 0 Å². The normalized spacial score (nSPS) is 16.7. The molecule has 0 radical (unpaired) electrons. The largest absolute Gasteiger partial charge is 0.378 e. The lowest BCUT2D eigenvalue weighted by Crippen LogP contribution is -2.33. The van der Waals surface area contributed by atoms with Gasteiger partial charge in [0.15, 0.2) is 0 Å². The van der Waals surface area contributed by atoms with Gasteiger partial charge in [0.25, 0.3) is 0 Å². The highest BCUT2D eigenvalue weighted by atomic mass is 32.1. The van der Waals surface area contributed by atoms with E-state index in [1.807, 2.05) is 0 Å². The third kappa shape index (κ3) is 4.32. The van der Waals surface area contributed by atoms with Crippen molar-refractivity contribution >= 4 is 22.6 Å². The Bertz CT molecular complexity index is 390. The summed E-state index contributed by atoms with van der Waals surface area (Å²) in [6, 6.07) is 0. The van der Waals surface area contributed by atoms with E-state index in [4.69, 9.17) is 4.74 Å². The van der Waals surface area contributed by atoms with Crippen LogP contribution in [0.4, 0.5) is 5.13 Å². The van der Waals surface area contributed by atoms with E-state index in [9.17, 15) is 4.79 Å². The summed E-state index contributed by atoms with van der Waals surface area (Å²) in [5, 5.41) is 6.54. The highest BCUT2D eigenvalue weighted by Gasteiger charge is 2.14. The highest BCUT2D eigenvalue weighted by molar-refractivity contribution is 7.09. The van der Waals surface area contributed by atoms with E-state index < -0.39 is 0 Å². The smallest absolute Gasteiger partial charge is 0.228 e. The van der Waals surface area contributed by atoms with Crippen LogP contribution in [0.5, 0.6) is 0 Å². The number of hydrogen-bond acceptors (Lipinski definition) is 6. The Hall–Kier alpha value is -1.05. The van der Waals surface area contributed by atoms with E-state index in [1.165, 1.54) is 11.5 Å². The molecule has 1 amide bonds. The number of ether oxygens (including phenoxy) is 1. The second kappa shape index (κ2) is 6.77. The van der Waals surface area contributed by atoms with Gasteiger partial charge in [0.2, 0.25) is 11.0 Å². The first-order valence-corrected chi connectivity index (χ1v) is 6.94. The van der Waals surface area contributed by atoms with Gasteiger partial charge in [-0.15, -0.1) is 0 Å². The van der Waals surface area contributed by atoms with Crippen molar-refractivity contribution in [3.05, 3.63) is 5.82 Å². The van der Waals surface area contributed by atoms with E-state index in [-0.39, 0.29) is 5.91 Å². The zero-order valence-electron chi connectivity index (χ0n) is 10.4. The zero-order valence-corrected chi connectivity index (χ0v) is 11.3. The quantitative estimate of drug-likeness (QED) is 0.833. The van der Waals surface area contributed by atoms with Gasteiger partial charge in [-0.1, -0.05) is 0 Å².